The Bertz CT molecular complexity index is 916. The summed E-state index contributed by atoms with van der Waals surface area (Å²) in [5.74, 6) is -0.888. The fourth-order valence-electron chi connectivity index (χ4n) is 4.51. The number of Topliss-reactive ketones (excluding diaryl/α,β-unsaturated/α-hetero) is 1. The highest BCUT2D eigenvalue weighted by Gasteiger charge is 2.50. The van der Waals surface area contributed by atoms with Crippen LogP contribution in [-0.2, 0) is 30.3 Å². The number of amides is 3. The smallest absolute Gasteiger partial charge is 0.243 e. The maximum absolute atomic E-state index is 13.5. The third-order valence-electron chi connectivity index (χ3n) is 6.56. The number of rotatable bonds is 12. The van der Waals surface area contributed by atoms with Gasteiger partial charge in [-0.1, -0.05) is 44.2 Å². The second-order valence-electron chi connectivity index (χ2n) is 10.1. The Morgan fingerprint density at radius 3 is 2.40 bits per heavy atom. The molecule has 0 radical (unpaired) electrons. The molecule has 3 rings (SSSR count). The molecule has 2 fully saturated rings. The van der Waals surface area contributed by atoms with Gasteiger partial charge in [-0.25, -0.2) is 0 Å². The minimum absolute atomic E-state index is 0.144. The number of epoxide rings is 1. The Hall–Kier alpha value is -2.78. The second-order valence-corrected chi connectivity index (χ2v) is 10.1. The molecule has 0 saturated carbocycles. The van der Waals surface area contributed by atoms with E-state index >= 15 is 0 Å². The van der Waals surface area contributed by atoms with Crippen molar-refractivity contribution in [3.05, 3.63) is 35.9 Å². The van der Waals surface area contributed by atoms with E-state index in [0.29, 0.717) is 26.0 Å². The van der Waals surface area contributed by atoms with E-state index in [2.05, 4.69) is 16.0 Å². The molecule has 1 aromatic carbocycles. The largest absolute Gasteiger partial charge is 0.361 e. The quantitative estimate of drug-likeness (QED) is 0.376. The Morgan fingerprint density at radius 2 is 1.80 bits per heavy atom. The molecule has 35 heavy (non-hydrogen) atoms. The van der Waals surface area contributed by atoms with Crippen molar-refractivity contribution in [1.82, 2.24) is 20.9 Å². The van der Waals surface area contributed by atoms with Gasteiger partial charge in [-0.15, -0.1) is 0 Å². The van der Waals surface area contributed by atoms with Crippen molar-refractivity contribution < 1.29 is 23.9 Å². The summed E-state index contributed by atoms with van der Waals surface area (Å²) in [5, 5.41) is 8.60. The molecule has 4 atom stereocenters. The Balaban J connectivity index is 1.76. The van der Waals surface area contributed by atoms with Crippen LogP contribution < -0.4 is 16.0 Å². The lowest BCUT2D eigenvalue weighted by molar-refractivity contribution is -0.139. The maximum atomic E-state index is 13.5. The summed E-state index contributed by atoms with van der Waals surface area (Å²) in [5.41, 5.74) is 0.0231. The number of ketones is 1. The number of carbonyl (C=O) groups excluding carboxylic acids is 4. The Morgan fingerprint density at radius 1 is 1.11 bits per heavy atom. The first-order chi connectivity index (χ1) is 16.6. The Kier molecular flexibility index (Phi) is 9.02. The minimum Gasteiger partial charge on any atom is -0.361 e. The van der Waals surface area contributed by atoms with Gasteiger partial charge >= 0.3 is 0 Å². The second kappa shape index (κ2) is 11.8. The number of hydrogen-bond donors (Lipinski definition) is 3. The van der Waals surface area contributed by atoms with Gasteiger partial charge in [0.25, 0.3) is 0 Å². The fraction of sp³-hybridized carbons (Fsp3) is 0.615. The van der Waals surface area contributed by atoms with Gasteiger partial charge in [0, 0.05) is 13.0 Å². The Labute approximate surface area is 207 Å². The molecule has 4 unspecified atom stereocenters. The van der Waals surface area contributed by atoms with Crippen LogP contribution in [0.25, 0.3) is 0 Å². The van der Waals surface area contributed by atoms with Gasteiger partial charge in [-0.05, 0) is 44.7 Å². The number of likely N-dealkylation sites (tertiary alicyclic amines) is 1. The van der Waals surface area contributed by atoms with Crippen LogP contribution in [0.3, 0.4) is 0 Å². The molecule has 2 heterocycles. The van der Waals surface area contributed by atoms with Crippen molar-refractivity contribution in [1.29, 1.82) is 0 Å². The molecule has 0 bridgehead atoms. The van der Waals surface area contributed by atoms with E-state index in [1.54, 1.807) is 18.9 Å². The van der Waals surface area contributed by atoms with Crippen LogP contribution in [0.5, 0.6) is 0 Å². The summed E-state index contributed by atoms with van der Waals surface area (Å²) < 4.78 is 5.33. The predicted molar refractivity (Wildman–Crippen MR) is 131 cm³/mol. The van der Waals surface area contributed by atoms with Gasteiger partial charge in [0.05, 0.1) is 19.2 Å². The molecular weight excluding hydrogens is 448 g/mol. The first-order valence-electron chi connectivity index (χ1n) is 12.4. The van der Waals surface area contributed by atoms with Crippen LogP contribution in [0.2, 0.25) is 0 Å². The lowest BCUT2D eigenvalue weighted by Gasteiger charge is -2.28. The molecule has 0 spiro atoms. The van der Waals surface area contributed by atoms with E-state index in [4.69, 9.17) is 4.74 Å². The molecule has 2 aliphatic heterocycles. The average Bonchev–Trinajstić information content (AvgIpc) is 3.37. The minimum atomic E-state index is -0.887. The van der Waals surface area contributed by atoms with Crippen LogP contribution in [0.15, 0.2) is 30.3 Å². The van der Waals surface area contributed by atoms with Crippen LogP contribution >= 0.6 is 0 Å². The van der Waals surface area contributed by atoms with Crippen LogP contribution in [0.1, 0.15) is 45.6 Å². The highest BCUT2D eigenvalue weighted by molar-refractivity contribution is 5.98. The van der Waals surface area contributed by atoms with Gasteiger partial charge in [0.2, 0.25) is 17.7 Å². The summed E-state index contributed by atoms with van der Waals surface area (Å²) in [6.07, 6.45) is 2.02. The van der Waals surface area contributed by atoms with Gasteiger partial charge in [0.15, 0.2) is 5.78 Å². The average molecular weight is 487 g/mol. The number of ether oxygens (including phenoxy) is 1. The monoisotopic (exact) mass is 486 g/mol. The van der Waals surface area contributed by atoms with Crippen LogP contribution in [0.4, 0.5) is 0 Å². The van der Waals surface area contributed by atoms with Gasteiger partial charge in [-0.2, -0.15) is 0 Å². The number of hydrogen-bond acceptors (Lipinski definition) is 6. The summed E-state index contributed by atoms with van der Waals surface area (Å²) in [4.78, 5) is 53.7. The lowest BCUT2D eigenvalue weighted by atomic mass is 9.93. The molecule has 3 amide bonds. The lowest BCUT2D eigenvalue weighted by Crippen LogP contribution is -2.57. The van der Waals surface area contributed by atoms with E-state index in [0.717, 1.165) is 12.0 Å². The normalized spacial score (nSPS) is 23.0. The third-order valence-corrected chi connectivity index (χ3v) is 6.56. The van der Waals surface area contributed by atoms with Crippen LogP contribution in [-0.4, -0.2) is 78.9 Å². The summed E-state index contributed by atoms with van der Waals surface area (Å²) >= 11 is 0. The highest BCUT2D eigenvalue weighted by Crippen LogP contribution is 2.29. The third kappa shape index (κ3) is 7.11. The molecule has 0 aromatic heterocycles. The molecule has 2 saturated heterocycles. The van der Waals surface area contributed by atoms with Crippen LogP contribution in [0, 0.1) is 5.92 Å². The first-order valence-corrected chi connectivity index (χ1v) is 12.4. The summed E-state index contributed by atoms with van der Waals surface area (Å²) in [6.45, 7) is 6.72. The zero-order chi connectivity index (χ0) is 25.6. The molecule has 9 heteroatoms. The standard InChI is InChI=1S/C26H38N4O5/c1-17(2)13-19(23(32)26(3)16-35-26)28-24(33)20(14-18-9-6-5-7-10-18)29-25(34)21-11-8-12-30(21)22(31)15-27-4/h5-7,9-10,17,19-21,27H,8,11-16H2,1-4H3,(H,28,33)(H,29,34). The SMILES string of the molecule is CNCC(=O)N1CCCC1C(=O)NC(Cc1ccccc1)C(=O)NC(CC(C)C)C(=O)C1(C)CO1. The molecule has 2 aliphatic rings. The van der Waals surface area contributed by atoms with Crippen molar-refractivity contribution in [2.24, 2.45) is 5.92 Å². The number of nitrogens with one attached hydrogen (secondary N) is 3. The summed E-state index contributed by atoms with van der Waals surface area (Å²) in [6, 6.07) is 7.20. The molecule has 192 valence electrons. The zero-order valence-electron chi connectivity index (χ0n) is 21.1. The van der Waals surface area contributed by atoms with Gasteiger partial charge in [0.1, 0.15) is 17.7 Å². The fourth-order valence-corrected chi connectivity index (χ4v) is 4.51. The number of likely N-dealkylation sites (N-methyl/N-ethyl adjacent to an activating group) is 1. The molecular formula is C26H38N4O5. The number of benzene rings is 1. The van der Waals surface area contributed by atoms with E-state index in [9.17, 15) is 19.2 Å². The number of nitrogens with zero attached hydrogens (tertiary/aromatic N) is 1. The van der Waals surface area contributed by atoms with Gasteiger partial charge in [-0.3, -0.25) is 19.2 Å². The van der Waals surface area contributed by atoms with E-state index < -0.39 is 29.6 Å². The van der Waals surface area contributed by atoms with E-state index in [1.165, 1.54) is 0 Å². The van der Waals surface area contributed by atoms with Crippen molar-refractivity contribution in [2.75, 3.05) is 26.7 Å². The van der Waals surface area contributed by atoms with Crippen molar-refractivity contribution in [2.45, 2.75) is 70.2 Å². The first kappa shape index (κ1) is 26.8. The van der Waals surface area contributed by atoms with E-state index in [1.807, 2.05) is 44.2 Å². The molecule has 3 N–H and O–H groups in total. The van der Waals surface area contributed by atoms with Crippen molar-refractivity contribution in [3.8, 4) is 0 Å². The highest BCUT2D eigenvalue weighted by atomic mass is 16.6. The van der Waals surface area contributed by atoms with Crippen molar-refractivity contribution >= 4 is 23.5 Å². The molecule has 0 aliphatic carbocycles. The van der Waals surface area contributed by atoms with Crippen molar-refractivity contribution in [3.63, 3.8) is 0 Å². The predicted octanol–water partition coefficient (Wildman–Crippen LogP) is 0.813. The van der Waals surface area contributed by atoms with Gasteiger partial charge < -0.3 is 25.6 Å². The number of carbonyl (C=O) groups is 4. The van der Waals surface area contributed by atoms with E-state index in [-0.39, 0.29) is 36.5 Å². The molecule has 9 nitrogen and oxygen atoms in total. The molecule has 1 aromatic rings. The zero-order valence-corrected chi connectivity index (χ0v) is 21.1. The topological polar surface area (TPSA) is 120 Å². The summed E-state index contributed by atoms with van der Waals surface area (Å²) in [7, 11) is 1.69. The maximum Gasteiger partial charge on any atom is 0.243 e.